The van der Waals surface area contributed by atoms with Gasteiger partial charge in [-0.2, -0.15) is 5.10 Å². The van der Waals surface area contributed by atoms with Crippen molar-refractivity contribution in [3.05, 3.63) is 34.0 Å². The lowest BCUT2D eigenvalue weighted by molar-refractivity contribution is 0.452. The van der Waals surface area contributed by atoms with Crippen LogP contribution in [-0.2, 0) is 13.1 Å². The van der Waals surface area contributed by atoms with Crippen molar-refractivity contribution in [1.29, 1.82) is 0 Å². The van der Waals surface area contributed by atoms with Gasteiger partial charge in [-0.1, -0.05) is 0 Å². The highest BCUT2D eigenvalue weighted by molar-refractivity contribution is 7.11. The van der Waals surface area contributed by atoms with Crippen LogP contribution in [0, 0.1) is 13.8 Å². The fourth-order valence-corrected chi connectivity index (χ4v) is 2.42. The van der Waals surface area contributed by atoms with E-state index in [2.05, 4.69) is 35.4 Å². The van der Waals surface area contributed by atoms with Crippen molar-refractivity contribution in [2.75, 3.05) is 0 Å². The molecule has 0 saturated heterocycles. The summed E-state index contributed by atoms with van der Waals surface area (Å²) >= 11 is 1.74. The molecule has 0 radical (unpaired) electrons. The summed E-state index contributed by atoms with van der Waals surface area (Å²) in [5, 5.41) is 8.88. The van der Waals surface area contributed by atoms with Crippen LogP contribution in [0.25, 0.3) is 0 Å². The first-order chi connectivity index (χ1) is 8.13. The summed E-state index contributed by atoms with van der Waals surface area (Å²) < 4.78 is 1.98. The van der Waals surface area contributed by atoms with Crippen LogP contribution in [0.2, 0.25) is 0 Å². The third-order valence-corrected chi connectivity index (χ3v) is 3.43. The Morgan fingerprint density at radius 2 is 2.24 bits per heavy atom. The quantitative estimate of drug-likeness (QED) is 0.884. The third kappa shape index (κ3) is 3.64. The molecule has 92 valence electrons. The molecule has 0 saturated carbocycles. The minimum atomic E-state index is 0.400. The van der Waals surface area contributed by atoms with Crippen LogP contribution in [0.5, 0.6) is 0 Å². The minimum Gasteiger partial charge on any atom is -0.307 e. The average Bonchev–Trinajstić information content (AvgIpc) is 2.85. The molecule has 0 amide bonds. The van der Waals surface area contributed by atoms with Crippen molar-refractivity contribution in [1.82, 2.24) is 20.1 Å². The molecule has 1 unspecified atom stereocenters. The second kappa shape index (κ2) is 5.42. The molecular weight excluding hydrogens is 232 g/mol. The van der Waals surface area contributed by atoms with Gasteiger partial charge in [-0.3, -0.25) is 4.68 Å². The van der Waals surface area contributed by atoms with Gasteiger partial charge in [0.05, 0.1) is 17.7 Å². The molecule has 1 atom stereocenters. The van der Waals surface area contributed by atoms with Crippen LogP contribution >= 0.6 is 11.3 Å². The Bertz CT molecular complexity index is 474. The molecular formula is C12H18N4S. The number of hydrogen-bond acceptors (Lipinski definition) is 4. The summed E-state index contributed by atoms with van der Waals surface area (Å²) in [5.74, 6) is 0. The van der Waals surface area contributed by atoms with E-state index >= 15 is 0 Å². The van der Waals surface area contributed by atoms with E-state index in [1.54, 1.807) is 11.3 Å². The topological polar surface area (TPSA) is 42.7 Å². The highest BCUT2D eigenvalue weighted by Gasteiger charge is 2.05. The van der Waals surface area contributed by atoms with Crippen LogP contribution in [0.3, 0.4) is 0 Å². The number of thiazole rings is 1. The standard InChI is InChI=1S/C12H18N4S/c1-9-4-15-16(7-9)8-10(2)13-5-12-6-14-11(3)17-12/h4,6-7,10,13H,5,8H2,1-3H3. The summed E-state index contributed by atoms with van der Waals surface area (Å²) in [6, 6.07) is 0.400. The summed E-state index contributed by atoms with van der Waals surface area (Å²) in [5.41, 5.74) is 1.20. The van der Waals surface area contributed by atoms with Gasteiger partial charge in [0.15, 0.2) is 0 Å². The van der Waals surface area contributed by atoms with Crippen molar-refractivity contribution in [3.63, 3.8) is 0 Å². The minimum absolute atomic E-state index is 0.400. The first-order valence-electron chi connectivity index (χ1n) is 5.77. The monoisotopic (exact) mass is 250 g/mol. The van der Waals surface area contributed by atoms with E-state index in [0.717, 1.165) is 18.1 Å². The normalized spacial score (nSPS) is 12.9. The Morgan fingerprint density at radius 3 is 2.82 bits per heavy atom. The first kappa shape index (κ1) is 12.3. The van der Waals surface area contributed by atoms with E-state index in [1.807, 2.05) is 24.0 Å². The molecule has 5 heteroatoms. The van der Waals surface area contributed by atoms with Crippen molar-refractivity contribution >= 4 is 11.3 Å². The van der Waals surface area contributed by atoms with Gasteiger partial charge in [0.25, 0.3) is 0 Å². The predicted octanol–water partition coefficient (Wildman–Crippen LogP) is 2.13. The Labute approximate surface area is 106 Å². The molecule has 1 N–H and O–H groups in total. The maximum Gasteiger partial charge on any atom is 0.0897 e. The number of nitrogens with one attached hydrogen (secondary N) is 1. The smallest absolute Gasteiger partial charge is 0.0897 e. The number of aromatic nitrogens is 3. The summed E-state index contributed by atoms with van der Waals surface area (Å²) in [7, 11) is 0. The zero-order valence-electron chi connectivity index (χ0n) is 10.5. The second-order valence-electron chi connectivity index (χ2n) is 4.37. The number of hydrogen-bond donors (Lipinski definition) is 1. The van der Waals surface area contributed by atoms with E-state index in [-0.39, 0.29) is 0 Å². The molecule has 2 aromatic heterocycles. The maximum atomic E-state index is 4.28. The molecule has 0 fully saturated rings. The highest BCUT2D eigenvalue weighted by atomic mass is 32.1. The molecule has 0 spiro atoms. The Morgan fingerprint density at radius 1 is 1.41 bits per heavy atom. The van der Waals surface area contributed by atoms with Gasteiger partial charge in [0.1, 0.15) is 0 Å². The van der Waals surface area contributed by atoms with Crippen LogP contribution in [0.1, 0.15) is 22.4 Å². The van der Waals surface area contributed by atoms with E-state index in [4.69, 9.17) is 0 Å². The molecule has 2 heterocycles. The van der Waals surface area contributed by atoms with E-state index in [1.165, 1.54) is 10.4 Å². The zero-order chi connectivity index (χ0) is 12.3. The van der Waals surface area contributed by atoms with Crippen LogP contribution in [0.4, 0.5) is 0 Å². The predicted molar refractivity (Wildman–Crippen MR) is 70.1 cm³/mol. The van der Waals surface area contributed by atoms with Crippen LogP contribution in [-0.4, -0.2) is 20.8 Å². The number of nitrogens with zero attached hydrogens (tertiary/aromatic N) is 3. The molecule has 0 bridgehead atoms. The van der Waals surface area contributed by atoms with Gasteiger partial charge in [0.2, 0.25) is 0 Å². The van der Waals surface area contributed by atoms with Crippen molar-refractivity contribution < 1.29 is 0 Å². The van der Waals surface area contributed by atoms with Crippen LogP contribution < -0.4 is 5.32 Å². The number of rotatable bonds is 5. The molecule has 0 aliphatic carbocycles. The average molecular weight is 250 g/mol. The second-order valence-corrected chi connectivity index (χ2v) is 5.69. The van der Waals surface area contributed by atoms with Gasteiger partial charge >= 0.3 is 0 Å². The summed E-state index contributed by atoms with van der Waals surface area (Å²) in [6.07, 6.45) is 5.89. The third-order valence-electron chi connectivity index (χ3n) is 2.52. The number of aryl methyl sites for hydroxylation is 2. The lowest BCUT2D eigenvalue weighted by Crippen LogP contribution is -2.29. The Hall–Kier alpha value is -1.20. The van der Waals surface area contributed by atoms with E-state index < -0.39 is 0 Å². The molecule has 0 aromatic carbocycles. The SMILES string of the molecule is Cc1cnn(CC(C)NCc2cnc(C)s2)c1. The Balaban J connectivity index is 1.79. The fraction of sp³-hybridized carbons (Fsp3) is 0.500. The molecule has 0 aliphatic rings. The molecule has 17 heavy (non-hydrogen) atoms. The first-order valence-corrected chi connectivity index (χ1v) is 6.59. The van der Waals surface area contributed by atoms with Gasteiger partial charge < -0.3 is 5.32 Å². The van der Waals surface area contributed by atoms with E-state index in [9.17, 15) is 0 Å². The molecule has 2 aromatic rings. The zero-order valence-corrected chi connectivity index (χ0v) is 11.3. The molecule has 2 rings (SSSR count). The fourth-order valence-electron chi connectivity index (χ4n) is 1.67. The lowest BCUT2D eigenvalue weighted by Gasteiger charge is -2.12. The van der Waals surface area contributed by atoms with Gasteiger partial charge in [-0.25, -0.2) is 4.98 Å². The highest BCUT2D eigenvalue weighted by Crippen LogP contribution is 2.11. The molecule has 4 nitrogen and oxygen atoms in total. The van der Waals surface area contributed by atoms with Gasteiger partial charge in [-0.05, 0) is 26.3 Å². The van der Waals surface area contributed by atoms with E-state index in [0.29, 0.717) is 6.04 Å². The largest absolute Gasteiger partial charge is 0.307 e. The van der Waals surface area contributed by atoms with Crippen molar-refractivity contribution in [3.8, 4) is 0 Å². The van der Waals surface area contributed by atoms with Gasteiger partial charge in [0, 0.05) is 29.9 Å². The van der Waals surface area contributed by atoms with Crippen molar-refractivity contribution in [2.45, 2.75) is 39.9 Å². The maximum absolute atomic E-state index is 4.28. The lowest BCUT2D eigenvalue weighted by atomic mass is 10.3. The van der Waals surface area contributed by atoms with Crippen LogP contribution in [0.15, 0.2) is 18.6 Å². The summed E-state index contributed by atoms with van der Waals surface area (Å²) in [6.45, 7) is 8.04. The van der Waals surface area contributed by atoms with Gasteiger partial charge in [-0.15, -0.1) is 11.3 Å². The Kier molecular flexibility index (Phi) is 3.91. The summed E-state index contributed by atoms with van der Waals surface area (Å²) in [4.78, 5) is 5.53. The molecule has 0 aliphatic heterocycles. The van der Waals surface area contributed by atoms with Crippen molar-refractivity contribution in [2.24, 2.45) is 0 Å².